The molecule has 3 fully saturated rings. The van der Waals surface area contributed by atoms with Crippen LogP contribution in [-0.4, -0.2) is 54.5 Å². The normalized spacial score (nSPS) is 26.8. The van der Waals surface area contributed by atoms with E-state index in [2.05, 4.69) is 15.5 Å². The van der Waals surface area contributed by atoms with Gasteiger partial charge in [0.15, 0.2) is 0 Å². The molecule has 2 amide bonds. The second kappa shape index (κ2) is 8.94. The fraction of sp³-hybridized carbons (Fsp3) is 0.609. The van der Waals surface area contributed by atoms with E-state index in [4.69, 9.17) is 4.74 Å². The Morgan fingerprint density at radius 2 is 2.03 bits per heavy atom. The third-order valence-corrected chi connectivity index (χ3v) is 6.45. The summed E-state index contributed by atoms with van der Waals surface area (Å²) in [5, 5.41) is 5.31. The smallest absolute Gasteiger partial charge is 0.309 e. The van der Waals surface area contributed by atoms with Gasteiger partial charge in [-0.3, -0.25) is 24.6 Å². The highest BCUT2D eigenvalue weighted by Crippen LogP contribution is 2.40. The van der Waals surface area contributed by atoms with Crippen molar-refractivity contribution in [2.45, 2.75) is 57.5 Å². The number of likely N-dealkylation sites (tertiary alicyclic amines) is 1. The first kappa shape index (κ1) is 21.7. The van der Waals surface area contributed by atoms with Gasteiger partial charge in [-0.05, 0) is 42.9 Å². The van der Waals surface area contributed by atoms with Crippen LogP contribution in [0.15, 0.2) is 18.2 Å². The number of imide groups is 1. The number of benzene rings is 1. The largest absolute Gasteiger partial charge is 0.465 e. The van der Waals surface area contributed by atoms with Crippen LogP contribution in [0.5, 0.6) is 0 Å². The molecule has 4 rings (SSSR count). The van der Waals surface area contributed by atoms with Gasteiger partial charge in [-0.25, -0.2) is 4.39 Å². The van der Waals surface area contributed by atoms with Crippen LogP contribution in [0.25, 0.3) is 0 Å². The van der Waals surface area contributed by atoms with Crippen molar-refractivity contribution in [2.75, 3.05) is 25.0 Å². The molecule has 0 spiro atoms. The number of nitrogens with one attached hydrogen (secondary N) is 2. The molecule has 2 saturated heterocycles. The van der Waals surface area contributed by atoms with Crippen molar-refractivity contribution in [3.05, 3.63) is 29.6 Å². The number of rotatable bonds is 7. The first-order chi connectivity index (χ1) is 14.8. The first-order valence-corrected chi connectivity index (χ1v) is 11.1. The van der Waals surface area contributed by atoms with Gasteiger partial charge >= 0.3 is 5.97 Å². The number of piperidine rings is 1. The third kappa shape index (κ3) is 4.89. The Morgan fingerprint density at radius 1 is 1.29 bits per heavy atom. The lowest BCUT2D eigenvalue weighted by molar-refractivity contribution is -0.156. The van der Waals surface area contributed by atoms with E-state index < -0.39 is 6.04 Å². The number of hydrogen-bond acceptors (Lipinski definition) is 6. The third-order valence-electron chi connectivity index (χ3n) is 6.45. The average Bonchev–Trinajstić information content (AvgIpc) is 2.64. The van der Waals surface area contributed by atoms with E-state index in [0.29, 0.717) is 36.2 Å². The van der Waals surface area contributed by atoms with Crippen LogP contribution in [0.4, 0.5) is 10.1 Å². The summed E-state index contributed by atoms with van der Waals surface area (Å²) in [6.07, 6.45) is 2.32. The number of nitrogens with zero attached hydrogens (tertiary/aromatic N) is 1. The molecule has 2 heterocycles. The van der Waals surface area contributed by atoms with Crippen LogP contribution in [-0.2, 0) is 19.1 Å². The van der Waals surface area contributed by atoms with Crippen LogP contribution in [0, 0.1) is 17.7 Å². The van der Waals surface area contributed by atoms with Gasteiger partial charge in [-0.2, -0.15) is 0 Å². The monoisotopic (exact) mass is 431 g/mol. The van der Waals surface area contributed by atoms with Gasteiger partial charge in [-0.1, -0.05) is 19.9 Å². The Kier molecular flexibility index (Phi) is 6.27. The number of ether oxygens (including phenoxy) is 1. The molecule has 0 radical (unpaired) electrons. The standard InChI is InChI=1S/C23H30FN3O4/c1-13(2)12-31-23(30)14-7-17(8-14)27-10-15(11-27)18-4-3-16(9-19(18)24)25-20-5-6-21(28)26-22(20)29/h3-4,9,13-15,17,20,25H,5-8,10-12H2,1-2H3,(H,26,28,29). The maximum atomic E-state index is 14.7. The molecule has 0 aromatic heterocycles. The highest BCUT2D eigenvalue weighted by molar-refractivity contribution is 6.01. The molecule has 0 bridgehead atoms. The van der Waals surface area contributed by atoms with Crippen molar-refractivity contribution < 1.29 is 23.5 Å². The minimum atomic E-state index is -0.527. The SMILES string of the molecule is CC(C)COC(=O)C1CC(N2CC(c3ccc(NC4CCC(=O)NC4=O)cc3F)C2)C1. The minimum absolute atomic E-state index is 0.00262. The summed E-state index contributed by atoms with van der Waals surface area (Å²) >= 11 is 0. The van der Waals surface area contributed by atoms with Gasteiger partial charge in [0.1, 0.15) is 11.9 Å². The molecule has 1 aromatic rings. The molecule has 3 aliphatic rings. The number of amides is 2. The van der Waals surface area contributed by atoms with E-state index in [9.17, 15) is 18.8 Å². The summed E-state index contributed by atoms with van der Waals surface area (Å²) in [5.41, 5.74) is 1.21. The van der Waals surface area contributed by atoms with Crippen molar-refractivity contribution in [2.24, 2.45) is 11.8 Å². The topological polar surface area (TPSA) is 87.7 Å². The zero-order chi connectivity index (χ0) is 22.1. The Hall–Kier alpha value is -2.48. The molecule has 2 N–H and O–H groups in total. The van der Waals surface area contributed by atoms with E-state index >= 15 is 0 Å². The number of halogens is 1. The maximum Gasteiger partial charge on any atom is 0.309 e. The highest BCUT2D eigenvalue weighted by atomic mass is 19.1. The van der Waals surface area contributed by atoms with E-state index in [0.717, 1.165) is 25.9 Å². The Morgan fingerprint density at radius 3 is 2.68 bits per heavy atom. The van der Waals surface area contributed by atoms with Crippen LogP contribution < -0.4 is 10.6 Å². The summed E-state index contributed by atoms with van der Waals surface area (Å²) in [6.45, 7) is 6.09. The van der Waals surface area contributed by atoms with Gasteiger partial charge in [0.05, 0.1) is 12.5 Å². The van der Waals surface area contributed by atoms with E-state index in [1.54, 1.807) is 12.1 Å². The fourth-order valence-electron chi connectivity index (χ4n) is 4.43. The zero-order valence-electron chi connectivity index (χ0n) is 18.0. The summed E-state index contributed by atoms with van der Waals surface area (Å²) in [7, 11) is 0. The maximum absolute atomic E-state index is 14.7. The van der Waals surface area contributed by atoms with Crippen molar-refractivity contribution >= 4 is 23.5 Å². The summed E-state index contributed by atoms with van der Waals surface area (Å²) < 4.78 is 20.0. The van der Waals surface area contributed by atoms with Crippen molar-refractivity contribution in [1.29, 1.82) is 0 Å². The fourth-order valence-corrected chi connectivity index (χ4v) is 4.43. The van der Waals surface area contributed by atoms with Gasteiger partial charge in [-0.15, -0.1) is 0 Å². The van der Waals surface area contributed by atoms with E-state index in [1.165, 1.54) is 6.07 Å². The molecule has 1 unspecified atom stereocenters. The zero-order valence-corrected chi connectivity index (χ0v) is 18.0. The number of hydrogen-bond donors (Lipinski definition) is 2. The Labute approximate surface area is 181 Å². The molecule has 1 aromatic carbocycles. The summed E-state index contributed by atoms with van der Waals surface area (Å²) in [5.74, 6) is -0.547. The lowest BCUT2D eigenvalue weighted by Crippen LogP contribution is -2.56. The highest BCUT2D eigenvalue weighted by Gasteiger charge is 2.43. The predicted octanol–water partition coefficient (Wildman–Crippen LogP) is 2.42. The molecule has 168 valence electrons. The molecule has 1 saturated carbocycles. The molecule has 31 heavy (non-hydrogen) atoms. The van der Waals surface area contributed by atoms with Crippen LogP contribution in [0.3, 0.4) is 0 Å². The number of anilines is 1. The lowest BCUT2D eigenvalue weighted by Gasteiger charge is -2.50. The van der Waals surface area contributed by atoms with Gasteiger partial charge in [0.2, 0.25) is 11.8 Å². The number of esters is 1. The van der Waals surface area contributed by atoms with Gasteiger partial charge < -0.3 is 10.1 Å². The van der Waals surface area contributed by atoms with Crippen LogP contribution in [0.2, 0.25) is 0 Å². The Bertz CT molecular complexity index is 862. The average molecular weight is 432 g/mol. The second-order valence-electron chi connectivity index (χ2n) is 9.38. The van der Waals surface area contributed by atoms with Crippen molar-refractivity contribution in [1.82, 2.24) is 10.2 Å². The minimum Gasteiger partial charge on any atom is -0.465 e. The number of carbonyl (C=O) groups excluding carboxylic acids is 3. The predicted molar refractivity (Wildman–Crippen MR) is 113 cm³/mol. The summed E-state index contributed by atoms with van der Waals surface area (Å²) in [4.78, 5) is 37.4. The number of carbonyl (C=O) groups is 3. The summed E-state index contributed by atoms with van der Waals surface area (Å²) in [6, 6.07) is 4.84. The molecule has 8 heteroatoms. The van der Waals surface area contributed by atoms with E-state index in [1.807, 2.05) is 13.8 Å². The van der Waals surface area contributed by atoms with Gasteiger partial charge in [0.25, 0.3) is 0 Å². The molecule has 7 nitrogen and oxygen atoms in total. The van der Waals surface area contributed by atoms with Gasteiger partial charge in [0, 0.05) is 37.2 Å². The molecule has 1 atom stereocenters. The molecular formula is C23H30FN3O4. The first-order valence-electron chi connectivity index (χ1n) is 11.1. The van der Waals surface area contributed by atoms with Crippen molar-refractivity contribution in [3.63, 3.8) is 0 Å². The van der Waals surface area contributed by atoms with Crippen LogP contribution in [0.1, 0.15) is 51.0 Å². The molecule has 2 aliphatic heterocycles. The second-order valence-corrected chi connectivity index (χ2v) is 9.38. The van der Waals surface area contributed by atoms with Crippen molar-refractivity contribution in [3.8, 4) is 0 Å². The molecular weight excluding hydrogens is 401 g/mol. The quantitative estimate of drug-likeness (QED) is 0.509. The lowest BCUT2D eigenvalue weighted by atomic mass is 9.76. The molecule has 1 aliphatic carbocycles. The van der Waals surface area contributed by atoms with E-state index in [-0.39, 0.29) is 41.9 Å². The Balaban J connectivity index is 1.24. The van der Waals surface area contributed by atoms with Crippen LogP contribution >= 0.6 is 0 Å².